The third-order valence-corrected chi connectivity index (χ3v) is 4.37. The lowest BCUT2D eigenvalue weighted by Gasteiger charge is -2.08. The summed E-state index contributed by atoms with van der Waals surface area (Å²) in [5, 5.41) is 2.88. The number of ether oxygens (including phenoxy) is 1. The lowest BCUT2D eigenvalue weighted by Crippen LogP contribution is -2.25. The Morgan fingerprint density at radius 3 is 3.00 bits per heavy atom. The van der Waals surface area contributed by atoms with E-state index in [-0.39, 0.29) is 5.91 Å². The highest BCUT2D eigenvalue weighted by molar-refractivity contribution is 7.99. The van der Waals surface area contributed by atoms with Crippen LogP contribution >= 0.6 is 11.8 Å². The van der Waals surface area contributed by atoms with Crippen molar-refractivity contribution in [1.82, 2.24) is 20.3 Å². The molecule has 124 valence electrons. The van der Waals surface area contributed by atoms with E-state index in [9.17, 15) is 4.79 Å². The summed E-state index contributed by atoms with van der Waals surface area (Å²) in [6, 6.07) is 11.6. The zero-order valence-electron chi connectivity index (χ0n) is 13.3. The summed E-state index contributed by atoms with van der Waals surface area (Å²) in [4.78, 5) is 23.8. The molecule has 0 saturated heterocycles. The van der Waals surface area contributed by atoms with E-state index in [0.29, 0.717) is 23.9 Å². The van der Waals surface area contributed by atoms with Crippen molar-refractivity contribution in [3.05, 3.63) is 54.0 Å². The first-order valence-corrected chi connectivity index (χ1v) is 8.67. The van der Waals surface area contributed by atoms with Crippen LogP contribution in [0.1, 0.15) is 11.4 Å². The van der Waals surface area contributed by atoms with Gasteiger partial charge in [-0.3, -0.25) is 4.79 Å². The fourth-order valence-electron chi connectivity index (χ4n) is 2.30. The summed E-state index contributed by atoms with van der Waals surface area (Å²) in [7, 11) is 1.57. The van der Waals surface area contributed by atoms with Gasteiger partial charge in [0, 0.05) is 18.3 Å². The van der Waals surface area contributed by atoms with Gasteiger partial charge in [-0.2, -0.15) is 0 Å². The second-order valence-corrected chi connectivity index (χ2v) is 6.13. The molecule has 7 heteroatoms. The fraction of sp³-hybridized carbons (Fsp3) is 0.235. The van der Waals surface area contributed by atoms with Crippen molar-refractivity contribution < 1.29 is 9.53 Å². The minimum Gasteiger partial charge on any atom is -0.481 e. The predicted octanol–water partition coefficient (Wildman–Crippen LogP) is 2.52. The molecule has 0 aliphatic rings. The monoisotopic (exact) mass is 342 g/mol. The van der Waals surface area contributed by atoms with E-state index in [1.165, 1.54) is 11.8 Å². The number of imidazole rings is 1. The molecule has 0 radical (unpaired) electrons. The first-order valence-electron chi connectivity index (χ1n) is 7.52. The van der Waals surface area contributed by atoms with Crippen LogP contribution < -0.4 is 10.1 Å². The number of carbonyl (C=O) groups excluding carboxylic acids is 1. The molecule has 0 unspecified atom stereocenters. The van der Waals surface area contributed by atoms with Gasteiger partial charge in [0.25, 0.3) is 0 Å². The average Bonchev–Trinajstić information content (AvgIpc) is 3.03. The number of pyridine rings is 1. The van der Waals surface area contributed by atoms with E-state index in [0.717, 1.165) is 22.4 Å². The zero-order valence-corrected chi connectivity index (χ0v) is 14.1. The van der Waals surface area contributed by atoms with Gasteiger partial charge < -0.3 is 15.0 Å². The van der Waals surface area contributed by atoms with E-state index in [1.54, 1.807) is 13.3 Å². The largest absolute Gasteiger partial charge is 0.481 e. The number of nitrogens with one attached hydrogen (secondary N) is 2. The van der Waals surface area contributed by atoms with Crippen LogP contribution in [0.15, 0.2) is 42.6 Å². The Bertz CT molecular complexity index is 801. The Kier molecular flexibility index (Phi) is 5.32. The lowest BCUT2D eigenvalue weighted by molar-refractivity contribution is -0.118. The van der Waals surface area contributed by atoms with Gasteiger partial charge in [-0.05, 0) is 18.2 Å². The van der Waals surface area contributed by atoms with Crippen molar-refractivity contribution >= 4 is 28.7 Å². The number of rotatable bonds is 7. The third-order valence-electron chi connectivity index (χ3n) is 3.43. The number of amides is 1. The molecule has 2 N–H and O–H groups in total. The van der Waals surface area contributed by atoms with Gasteiger partial charge >= 0.3 is 0 Å². The second kappa shape index (κ2) is 7.83. The molecule has 0 fully saturated rings. The van der Waals surface area contributed by atoms with Crippen molar-refractivity contribution in [2.24, 2.45) is 0 Å². The van der Waals surface area contributed by atoms with Crippen LogP contribution in [-0.2, 0) is 17.1 Å². The van der Waals surface area contributed by atoms with Crippen molar-refractivity contribution in [3.63, 3.8) is 0 Å². The maximum absolute atomic E-state index is 12.0. The maximum atomic E-state index is 12.0. The first kappa shape index (κ1) is 16.3. The molecule has 0 aliphatic heterocycles. The maximum Gasteiger partial charge on any atom is 0.230 e. The Hall–Kier alpha value is -2.54. The molecule has 1 aromatic carbocycles. The van der Waals surface area contributed by atoms with Gasteiger partial charge in [0.1, 0.15) is 5.82 Å². The van der Waals surface area contributed by atoms with Crippen LogP contribution in [0.5, 0.6) is 5.88 Å². The van der Waals surface area contributed by atoms with Crippen molar-refractivity contribution in [3.8, 4) is 5.88 Å². The lowest BCUT2D eigenvalue weighted by atomic mass is 10.2. The number of methoxy groups -OCH3 is 1. The molecule has 0 atom stereocenters. The predicted molar refractivity (Wildman–Crippen MR) is 94.9 cm³/mol. The number of para-hydroxylation sites is 2. The Balaban J connectivity index is 1.45. The standard InChI is InChI=1S/C17H18N4O2S/c1-23-17-12(5-4-8-18-17)9-19-16(22)11-24-10-15-20-13-6-2-3-7-14(13)21-15/h2-8H,9-11H2,1H3,(H,19,22)(H,20,21). The molecule has 0 saturated carbocycles. The number of fused-ring (bicyclic) bond motifs is 1. The highest BCUT2D eigenvalue weighted by Crippen LogP contribution is 2.15. The minimum absolute atomic E-state index is 0.0259. The number of aromatic amines is 1. The Labute approximate surface area is 144 Å². The average molecular weight is 342 g/mol. The quantitative estimate of drug-likeness (QED) is 0.690. The highest BCUT2D eigenvalue weighted by Gasteiger charge is 2.07. The fourth-order valence-corrected chi connectivity index (χ4v) is 3.02. The molecule has 0 spiro atoms. The van der Waals surface area contributed by atoms with Gasteiger partial charge in [0.15, 0.2) is 0 Å². The van der Waals surface area contributed by atoms with Crippen molar-refractivity contribution in [2.75, 3.05) is 12.9 Å². The van der Waals surface area contributed by atoms with Crippen LogP contribution in [0, 0.1) is 0 Å². The van der Waals surface area contributed by atoms with Crippen LogP contribution in [0.25, 0.3) is 11.0 Å². The summed E-state index contributed by atoms with van der Waals surface area (Å²) >= 11 is 1.52. The summed E-state index contributed by atoms with van der Waals surface area (Å²) in [5.74, 6) is 2.43. The molecular formula is C17H18N4O2S. The van der Waals surface area contributed by atoms with E-state index < -0.39 is 0 Å². The van der Waals surface area contributed by atoms with Crippen molar-refractivity contribution in [1.29, 1.82) is 0 Å². The summed E-state index contributed by atoms with van der Waals surface area (Å²) < 4.78 is 5.17. The van der Waals surface area contributed by atoms with E-state index in [4.69, 9.17) is 4.74 Å². The second-order valence-electron chi connectivity index (χ2n) is 5.14. The SMILES string of the molecule is COc1ncccc1CNC(=O)CSCc1nc2ccccc2[nH]1. The summed E-state index contributed by atoms with van der Waals surface area (Å²) in [6.45, 7) is 0.404. The molecule has 24 heavy (non-hydrogen) atoms. The number of H-pyrrole nitrogens is 1. The molecular weight excluding hydrogens is 324 g/mol. The number of carbonyl (C=O) groups is 1. The smallest absolute Gasteiger partial charge is 0.230 e. The summed E-state index contributed by atoms with van der Waals surface area (Å²) in [6.07, 6.45) is 1.66. The third kappa shape index (κ3) is 4.05. The highest BCUT2D eigenvalue weighted by atomic mass is 32.2. The molecule has 0 aliphatic carbocycles. The van der Waals surface area contributed by atoms with E-state index >= 15 is 0 Å². The summed E-state index contributed by atoms with van der Waals surface area (Å²) in [5.41, 5.74) is 2.82. The Morgan fingerprint density at radius 1 is 1.29 bits per heavy atom. The number of hydrogen-bond acceptors (Lipinski definition) is 5. The molecule has 1 amide bonds. The molecule has 0 bridgehead atoms. The molecule has 6 nitrogen and oxygen atoms in total. The van der Waals surface area contributed by atoms with Crippen molar-refractivity contribution in [2.45, 2.75) is 12.3 Å². The van der Waals surface area contributed by atoms with Gasteiger partial charge in [0.2, 0.25) is 11.8 Å². The zero-order chi connectivity index (χ0) is 16.8. The van der Waals surface area contributed by atoms with E-state index in [2.05, 4.69) is 20.3 Å². The van der Waals surface area contributed by atoms with Crippen LogP contribution in [0.4, 0.5) is 0 Å². The number of aromatic nitrogens is 3. The van der Waals surface area contributed by atoms with Gasteiger partial charge in [-0.1, -0.05) is 18.2 Å². The minimum atomic E-state index is -0.0259. The van der Waals surface area contributed by atoms with Gasteiger partial charge in [0.05, 0.1) is 29.6 Å². The number of nitrogens with zero attached hydrogens (tertiary/aromatic N) is 2. The topological polar surface area (TPSA) is 79.9 Å². The molecule has 3 rings (SSSR count). The van der Waals surface area contributed by atoms with E-state index in [1.807, 2.05) is 36.4 Å². The van der Waals surface area contributed by atoms with Crippen LogP contribution in [0.3, 0.4) is 0 Å². The van der Waals surface area contributed by atoms with Gasteiger partial charge in [-0.25, -0.2) is 9.97 Å². The number of benzene rings is 1. The van der Waals surface area contributed by atoms with Crippen LogP contribution in [0.2, 0.25) is 0 Å². The van der Waals surface area contributed by atoms with Crippen LogP contribution in [-0.4, -0.2) is 33.7 Å². The first-order chi connectivity index (χ1) is 11.8. The number of thioether (sulfide) groups is 1. The molecule has 2 heterocycles. The normalized spacial score (nSPS) is 10.7. The van der Waals surface area contributed by atoms with Gasteiger partial charge in [-0.15, -0.1) is 11.8 Å². The Morgan fingerprint density at radius 2 is 2.17 bits per heavy atom. The molecule has 3 aromatic rings. The molecule has 2 aromatic heterocycles. The number of hydrogen-bond donors (Lipinski definition) is 2.